The van der Waals surface area contributed by atoms with Gasteiger partial charge in [0.15, 0.2) is 11.6 Å². The van der Waals surface area contributed by atoms with E-state index in [-0.39, 0.29) is 5.69 Å². The Kier molecular flexibility index (Phi) is 6.38. The largest absolute Gasteiger partial charge is 0.478 e. The van der Waals surface area contributed by atoms with Crippen LogP contribution in [0.25, 0.3) is 0 Å². The quantitative estimate of drug-likeness (QED) is 0.721. The van der Waals surface area contributed by atoms with Crippen LogP contribution >= 0.6 is 0 Å². The van der Waals surface area contributed by atoms with Crippen LogP contribution in [0.5, 0.6) is 0 Å². The molecule has 2 N–H and O–H groups in total. The van der Waals surface area contributed by atoms with Crippen LogP contribution in [-0.4, -0.2) is 30.8 Å². The Morgan fingerprint density at radius 3 is 2.65 bits per heavy atom. The number of anilines is 1. The Bertz CT molecular complexity index is 464. The summed E-state index contributed by atoms with van der Waals surface area (Å²) >= 11 is 0. The molecular weight excluding hydrogens is 268 g/mol. The molecule has 0 atom stereocenters. The Morgan fingerprint density at radius 1 is 1.35 bits per heavy atom. The monoisotopic (exact) mass is 287 g/mol. The maximum atomic E-state index is 13.6. The lowest BCUT2D eigenvalue weighted by atomic mass is 10.2. The molecule has 0 heterocycles. The summed E-state index contributed by atoms with van der Waals surface area (Å²) in [5, 5.41) is 11.4. The van der Waals surface area contributed by atoms with Gasteiger partial charge in [0.2, 0.25) is 0 Å². The maximum absolute atomic E-state index is 13.6. The van der Waals surface area contributed by atoms with E-state index in [4.69, 9.17) is 9.84 Å². The minimum atomic E-state index is -1.49. The van der Waals surface area contributed by atoms with Crippen LogP contribution in [0.3, 0.4) is 0 Å². The van der Waals surface area contributed by atoms with E-state index >= 15 is 0 Å². The highest BCUT2D eigenvalue weighted by atomic mass is 19.2. The second-order valence-electron chi connectivity index (χ2n) is 4.84. The van der Waals surface area contributed by atoms with Gasteiger partial charge in [0.25, 0.3) is 0 Å². The standard InChI is InChI=1S/C14H19F2NO3/c1-9(2)8-20-7-3-6-17-11-5-4-10(14(18)19)12(15)13(11)16/h4-5,9,17H,3,6-8H2,1-2H3,(H,18,19). The lowest BCUT2D eigenvalue weighted by Crippen LogP contribution is -2.11. The van der Waals surface area contributed by atoms with Crippen molar-refractivity contribution in [2.24, 2.45) is 5.92 Å². The molecule has 0 spiro atoms. The molecular formula is C14H19F2NO3. The molecule has 0 aliphatic carbocycles. The van der Waals surface area contributed by atoms with Crippen molar-refractivity contribution in [2.75, 3.05) is 25.1 Å². The molecule has 1 aromatic rings. The van der Waals surface area contributed by atoms with E-state index in [9.17, 15) is 13.6 Å². The fraction of sp³-hybridized carbons (Fsp3) is 0.500. The predicted molar refractivity (Wildman–Crippen MR) is 72.1 cm³/mol. The zero-order valence-corrected chi connectivity index (χ0v) is 11.6. The maximum Gasteiger partial charge on any atom is 0.338 e. The number of benzene rings is 1. The number of hydrogen-bond acceptors (Lipinski definition) is 3. The van der Waals surface area contributed by atoms with Gasteiger partial charge in [-0.05, 0) is 24.5 Å². The Balaban J connectivity index is 2.45. The van der Waals surface area contributed by atoms with Crippen molar-refractivity contribution in [3.8, 4) is 0 Å². The van der Waals surface area contributed by atoms with Gasteiger partial charge in [-0.25, -0.2) is 13.6 Å². The van der Waals surface area contributed by atoms with Gasteiger partial charge in [-0.1, -0.05) is 13.8 Å². The number of ether oxygens (including phenoxy) is 1. The molecule has 0 fully saturated rings. The van der Waals surface area contributed by atoms with Crippen LogP contribution in [-0.2, 0) is 4.74 Å². The van der Waals surface area contributed by atoms with Crippen LogP contribution in [0.2, 0.25) is 0 Å². The highest BCUT2D eigenvalue weighted by Gasteiger charge is 2.17. The first-order chi connectivity index (χ1) is 9.43. The van der Waals surface area contributed by atoms with E-state index < -0.39 is 23.2 Å². The molecule has 1 aromatic carbocycles. The highest BCUT2D eigenvalue weighted by molar-refractivity contribution is 5.88. The molecule has 1 rings (SSSR count). The van der Waals surface area contributed by atoms with Gasteiger partial charge in [0.1, 0.15) is 0 Å². The summed E-state index contributed by atoms with van der Waals surface area (Å²) in [4.78, 5) is 10.6. The SMILES string of the molecule is CC(C)COCCCNc1ccc(C(=O)O)c(F)c1F. The van der Waals surface area contributed by atoms with Crippen LogP contribution in [0, 0.1) is 17.6 Å². The second-order valence-corrected chi connectivity index (χ2v) is 4.84. The van der Waals surface area contributed by atoms with Crippen molar-refractivity contribution < 1.29 is 23.4 Å². The Hall–Kier alpha value is -1.69. The molecule has 20 heavy (non-hydrogen) atoms. The first-order valence-corrected chi connectivity index (χ1v) is 6.46. The van der Waals surface area contributed by atoms with Gasteiger partial charge in [0.05, 0.1) is 11.3 Å². The predicted octanol–water partition coefficient (Wildman–Crippen LogP) is 3.14. The molecule has 0 aliphatic heterocycles. The van der Waals surface area contributed by atoms with Gasteiger partial charge >= 0.3 is 5.97 Å². The molecule has 6 heteroatoms. The fourth-order valence-corrected chi connectivity index (χ4v) is 1.57. The third-order valence-corrected chi connectivity index (χ3v) is 2.54. The molecule has 0 radical (unpaired) electrons. The molecule has 0 aliphatic rings. The minimum Gasteiger partial charge on any atom is -0.478 e. The lowest BCUT2D eigenvalue weighted by molar-refractivity contribution is 0.0690. The van der Waals surface area contributed by atoms with Gasteiger partial charge in [-0.15, -0.1) is 0 Å². The summed E-state index contributed by atoms with van der Waals surface area (Å²) in [6.07, 6.45) is 0.647. The molecule has 0 aromatic heterocycles. The number of hydrogen-bond donors (Lipinski definition) is 2. The Morgan fingerprint density at radius 2 is 2.05 bits per heavy atom. The number of aromatic carboxylic acids is 1. The summed E-state index contributed by atoms with van der Waals surface area (Å²) in [6.45, 7) is 5.69. The number of carbonyl (C=O) groups is 1. The third kappa shape index (κ3) is 4.77. The first kappa shape index (κ1) is 16.4. The van der Waals surface area contributed by atoms with Gasteiger partial charge in [0, 0.05) is 19.8 Å². The molecule has 0 bridgehead atoms. The van der Waals surface area contributed by atoms with E-state index in [1.54, 1.807) is 0 Å². The van der Waals surface area contributed by atoms with Crippen LogP contribution < -0.4 is 5.32 Å². The molecule has 112 valence electrons. The number of nitrogens with one attached hydrogen (secondary N) is 1. The zero-order valence-electron chi connectivity index (χ0n) is 11.6. The van der Waals surface area contributed by atoms with E-state index in [0.717, 1.165) is 6.07 Å². The summed E-state index contributed by atoms with van der Waals surface area (Å²) in [6, 6.07) is 2.26. The minimum absolute atomic E-state index is 0.0450. The summed E-state index contributed by atoms with van der Waals surface area (Å²) in [5.74, 6) is -3.56. The molecule has 0 saturated heterocycles. The normalized spacial score (nSPS) is 10.8. The lowest BCUT2D eigenvalue weighted by Gasteiger charge is -2.10. The topological polar surface area (TPSA) is 58.6 Å². The van der Waals surface area contributed by atoms with Crippen LogP contribution in [0.15, 0.2) is 12.1 Å². The van der Waals surface area contributed by atoms with E-state index in [1.807, 2.05) is 13.8 Å². The molecule has 0 amide bonds. The second kappa shape index (κ2) is 7.79. The first-order valence-electron chi connectivity index (χ1n) is 6.46. The van der Waals surface area contributed by atoms with Crippen molar-refractivity contribution in [1.29, 1.82) is 0 Å². The highest BCUT2D eigenvalue weighted by Crippen LogP contribution is 2.20. The number of carboxylic acids is 1. The van der Waals surface area contributed by atoms with Gasteiger partial charge in [-0.2, -0.15) is 0 Å². The van der Waals surface area contributed by atoms with E-state index in [2.05, 4.69) is 5.32 Å². The van der Waals surface area contributed by atoms with Gasteiger partial charge in [-0.3, -0.25) is 0 Å². The fourth-order valence-electron chi connectivity index (χ4n) is 1.57. The molecule has 4 nitrogen and oxygen atoms in total. The third-order valence-electron chi connectivity index (χ3n) is 2.54. The van der Waals surface area contributed by atoms with Crippen molar-refractivity contribution in [1.82, 2.24) is 0 Å². The molecule has 0 saturated carbocycles. The van der Waals surface area contributed by atoms with Crippen molar-refractivity contribution in [3.05, 3.63) is 29.3 Å². The van der Waals surface area contributed by atoms with Crippen molar-refractivity contribution >= 4 is 11.7 Å². The number of rotatable bonds is 8. The zero-order chi connectivity index (χ0) is 15.1. The van der Waals surface area contributed by atoms with E-state index in [0.29, 0.717) is 32.1 Å². The molecule has 0 unspecified atom stereocenters. The summed E-state index contributed by atoms with van der Waals surface area (Å²) in [7, 11) is 0. The average molecular weight is 287 g/mol. The summed E-state index contributed by atoms with van der Waals surface area (Å²) in [5.41, 5.74) is -0.718. The van der Waals surface area contributed by atoms with Crippen molar-refractivity contribution in [2.45, 2.75) is 20.3 Å². The van der Waals surface area contributed by atoms with Gasteiger partial charge < -0.3 is 15.2 Å². The van der Waals surface area contributed by atoms with Crippen molar-refractivity contribution in [3.63, 3.8) is 0 Å². The van der Waals surface area contributed by atoms with E-state index in [1.165, 1.54) is 6.07 Å². The van der Waals surface area contributed by atoms with Crippen LogP contribution in [0.4, 0.5) is 14.5 Å². The smallest absolute Gasteiger partial charge is 0.338 e. The summed E-state index contributed by atoms with van der Waals surface area (Å²) < 4.78 is 32.3. The average Bonchev–Trinajstić information content (AvgIpc) is 2.37. The number of carboxylic acid groups (broad SMARTS) is 1. The van der Waals surface area contributed by atoms with Crippen LogP contribution in [0.1, 0.15) is 30.6 Å². The Labute approximate surface area is 116 Å². The number of halogens is 2.